The molecule has 1 unspecified atom stereocenters. The first-order chi connectivity index (χ1) is 12.1. The van der Waals surface area contributed by atoms with Gasteiger partial charge >= 0.3 is 0 Å². The van der Waals surface area contributed by atoms with Gasteiger partial charge < -0.3 is 0 Å². The minimum Gasteiger partial charge on any atom is -0.251 e. The Kier molecular flexibility index (Phi) is 5.37. The van der Waals surface area contributed by atoms with E-state index in [9.17, 15) is 5.26 Å². The van der Waals surface area contributed by atoms with Crippen LogP contribution in [0.1, 0.15) is 17.5 Å². The molecule has 3 rings (SSSR count). The molecule has 3 aromatic rings. The fraction of sp³-hybridized carbons (Fsp3) is 0.211. The minimum atomic E-state index is -0.752. The molecule has 0 fully saturated rings. The Morgan fingerprint density at radius 1 is 1.08 bits per heavy atom. The van der Waals surface area contributed by atoms with Crippen molar-refractivity contribution in [2.75, 3.05) is 0 Å². The van der Waals surface area contributed by atoms with Crippen molar-refractivity contribution < 1.29 is 0 Å². The maximum atomic E-state index is 10.1. The first-order valence-electron chi connectivity index (χ1n) is 7.85. The highest BCUT2D eigenvalue weighted by molar-refractivity contribution is 6.30. The second kappa shape index (κ2) is 7.69. The number of halogens is 2. The van der Waals surface area contributed by atoms with Gasteiger partial charge in [0.05, 0.1) is 12.6 Å². The van der Waals surface area contributed by atoms with E-state index in [0.29, 0.717) is 23.0 Å². The van der Waals surface area contributed by atoms with Crippen molar-refractivity contribution in [1.82, 2.24) is 14.8 Å². The Balaban J connectivity index is 1.92. The van der Waals surface area contributed by atoms with Crippen LogP contribution < -0.4 is 0 Å². The van der Waals surface area contributed by atoms with Gasteiger partial charge in [0, 0.05) is 10.0 Å². The van der Waals surface area contributed by atoms with E-state index in [1.807, 2.05) is 48.5 Å². The summed E-state index contributed by atoms with van der Waals surface area (Å²) < 4.78 is 1.69. The lowest BCUT2D eigenvalue weighted by molar-refractivity contribution is 0.402. The van der Waals surface area contributed by atoms with Crippen LogP contribution in [0.3, 0.4) is 0 Å². The molecule has 25 heavy (non-hydrogen) atoms. The monoisotopic (exact) mass is 370 g/mol. The van der Waals surface area contributed by atoms with E-state index in [-0.39, 0.29) is 0 Å². The van der Waals surface area contributed by atoms with Crippen molar-refractivity contribution in [3.8, 4) is 6.07 Å². The molecule has 6 heteroatoms. The number of hydrogen-bond acceptors (Lipinski definition) is 3. The van der Waals surface area contributed by atoms with Crippen LogP contribution >= 0.6 is 23.2 Å². The van der Waals surface area contributed by atoms with Crippen LogP contribution in [-0.4, -0.2) is 14.8 Å². The number of benzene rings is 2. The molecule has 126 valence electrons. The van der Waals surface area contributed by atoms with Crippen molar-refractivity contribution >= 4 is 23.2 Å². The second-order valence-electron chi connectivity index (χ2n) is 5.92. The zero-order chi connectivity index (χ0) is 17.7. The smallest absolute Gasteiger partial charge is 0.137 e. The average Bonchev–Trinajstić information content (AvgIpc) is 3.13. The van der Waals surface area contributed by atoms with Gasteiger partial charge in [-0.15, -0.1) is 0 Å². The van der Waals surface area contributed by atoms with E-state index in [0.717, 1.165) is 17.5 Å². The Hall–Kier alpha value is -2.35. The summed E-state index contributed by atoms with van der Waals surface area (Å²) in [5.41, 5.74) is 1.26. The number of aromatic nitrogens is 3. The van der Waals surface area contributed by atoms with Gasteiger partial charge in [-0.1, -0.05) is 47.5 Å². The molecular formula is C19H16Cl2N4. The zero-order valence-electron chi connectivity index (χ0n) is 13.4. The SMILES string of the molecule is N#CC(CCc1ccc(Cl)cc1)(Cn1cncn1)c1cccc(Cl)c1. The largest absolute Gasteiger partial charge is 0.251 e. The van der Waals surface area contributed by atoms with Gasteiger partial charge in [-0.25, -0.2) is 4.98 Å². The van der Waals surface area contributed by atoms with Gasteiger partial charge in [-0.05, 0) is 48.2 Å². The molecule has 0 spiro atoms. The summed E-state index contributed by atoms with van der Waals surface area (Å²) in [5, 5.41) is 15.5. The first-order valence-corrected chi connectivity index (χ1v) is 8.61. The van der Waals surface area contributed by atoms with Gasteiger partial charge in [-0.3, -0.25) is 4.68 Å². The molecule has 0 aliphatic heterocycles. The van der Waals surface area contributed by atoms with E-state index in [4.69, 9.17) is 23.2 Å². The zero-order valence-corrected chi connectivity index (χ0v) is 15.0. The van der Waals surface area contributed by atoms with Gasteiger partial charge in [0.15, 0.2) is 0 Å². The maximum absolute atomic E-state index is 10.1. The summed E-state index contributed by atoms with van der Waals surface area (Å²) in [6.07, 6.45) is 4.47. The van der Waals surface area contributed by atoms with Crippen LogP contribution in [0.15, 0.2) is 61.2 Å². The molecule has 1 atom stereocenters. The number of rotatable bonds is 6. The summed E-state index contributed by atoms with van der Waals surface area (Å²) in [7, 11) is 0. The van der Waals surface area contributed by atoms with Crippen LogP contribution in [0, 0.1) is 11.3 Å². The van der Waals surface area contributed by atoms with Gasteiger partial charge in [-0.2, -0.15) is 10.4 Å². The summed E-state index contributed by atoms with van der Waals surface area (Å²) in [4.78, 5) is 3.98. The molecule has 1 aromatic heterocycles. The molecule has 1 heterocycles. The third-order valence-electron chi connectivity index (χ3n) is 4.24. The fourth-order valence-corrected chi connectivity index (χ4v) is 3.17. The predicted molar refractivity (Wildman–Crippen MR) is 98.5 cm³/mol. The molecule has 2 aromatic carbocycles. The number of nitriles is 1. The molecule has 0 radical (unpaired) electrons. The van der Waals surface area contributed by atoms with Crippen LogP contribution in [0.4, 0.5) is 0 Å². The topological polar surface area (TPSA) is 54.5 Å². The summed E-state index contributed by atoms with van der Waals surface area (Å²) in [6, 6.07) is 17.7. The summed E-state index contributed by atoms with van der Waals surface area (Å²) in [6.45, 7) is 0.414. The van der Waals surface area contributed by atoms with Crippen molar-refractivity contribution in [3.63, 3.8) is 0 Å². The van der Waals surface area contributed by atoms with Gasteiger partial charge in [0.25, 0.3) is 0 Å². The van der Waals surface area contributed by atoms with Crippen LogP contribution in [0.25, 0.3) is 0 Å². The molecule has 0 amide bonds. The first kappa shape index (κ1) is 17.5. The van der Waals surface area contributed by atoms with Crippen LogP contribution in [0.5, 0.6) is 0 Å². The third kappa shape index (κ3) is 4.19. The molecule has 0 saturated heterocycles. The molecular weight excluding hydrogens is 355 g/mol. The minimum absolute atomic E-state index is 0.414. The Morgan fingerprint density at radius 2 is 1.88 bits per heavy atom. The highest BCUT2D eigenvalue weighted by Crippen LogP contribution is 2.32. The molecule has 0 saturated carbocycles. The molecule has 0 aliphatic rings. The Labute approximate surface area is 156 Å². The molecule has 0 aliphatic carbocycles. The highest BCUT2D eigenvalue weighted by atomic mass is 35.5. The maximum Gasteiger partial charge on any atom is 0.137 e. The second-order valence-corrected chi connectivity index (χ2v) is 6.80. The van der Waals surface area contributed by atoms with E-state index < -0.39 is 5.41 Å². The fourth-order valence-electron chi connectivity index (χ4n) is 2.86. The van der Waals surface area contributed by atoms with Crippen molar-refractivity contribution in [2.24, 2.45) is 0 Å². The van der Waals surface area contributed by atoms with E-state index >= 15 is 0 Å². The highest BCUT2D eigenvalue weighted by Gasteiger charge is 2.33. The average molecular weight is 371 g/mol. The Morgan fingerprint density at radius 3 is 2.52 bits per heavy atom. The number of nitrogens with zero attached hydrogens (tertiary/aromatic N) is 4. The van der Waals surface area contributed by atoms with Crippen LogP contribution in [-0.2, 0) is 18.4 Å². The van der Waals surface area contributed by atoms with E-state index in [2.05, 4.69) is 16.2 Å². The lowest BCUT2D eigenvalue weighted by atomic mass is 9.77. The summed E-state index contributed by atoms with van der Waals surface area (Å²) >= 11 is 12.1. The quantitative estimate of drug-likeness (QED) is 0.632. The molecule has 0 bridgehead atoms. The standard InChI is InChI=1S/C19H16Cl2N4/c20-17-6-4-15(5-7-17)8-9-19(11-22,12-25-14-23-13-24-25)16-2-1-3-18(21)10-16/h1-7,10,13-14H,8-9,12H2. The third-order valence-corrected chi connectivity index (χ3v) is 4.73. The van der Waals surface area contributed by atoms with Crippen LogP contribution in [0.2, 0.25) is 10.0 Å². The number of aryl methyl sites for hydroxylation is 1. The van der Waals surface area contributed by atoms with E-state index in [1.165, 1.54) is 6.33 Å². The summed E-state index contributed by atoms with van der Waals surface area (Å²) in [5.74, 6) is 0. The van der Waals surface area contributed by atoms with Crippen molar-refractivity contribution in [1.29, 1.82) is 5.26 Å². The van der Waals surface area contributed by atoms with Gasteiger partial charge in [0.1, 0.15) is 18.1 Å². The Bertz CT molecular complexity index is 869. The van der Waals surface area contributed by atoms with Crippen molar-refractivity contribution in [2.45, 2.75) is 24.8 Å². The van der Waals surface area contributed by atoms with Gasteiger partial charge in [0.2, 0.25) is 0 Å². The van der Waals surface area contributed by atoms with Crippen molar-refractivity contribution in [3.05, 3.63) is 82.4 Å². The molecule has 4 nitrogen and oxygen atoms in total. The lowest BCUT2D eigenvalue weighted by Gasteiger charge is -2.27. The van der Waals surface area contributed by atoms with E-state index in [1.54, 1.807) is 11.0 Å². The predicted octanol–water partition coefficient (Wildman–Crippen LogP) is 4.68. The normalized spacial score (nSPS) is 13.2. The number of hydrogen-bond donors (Lipinski definition) is 0. The lowest BCUT2D eigenvalue weighted by Crippen LogP contribution is -2.31. The molecule has 0 N–H and O–H groups in total.